The molecule has 0 aliphatic heterocycles. The summed E-state index contributed by atoms with van der Waals surface area (Å²) in [6.07, 6.45) is 0. The number of aliphatic carboxylic acids is 1. The zero-order chi connectivity index (χ0) is 17.6. The molecule has 3 aromatic rings. The molecule has 25 heavy (non-hydrogen) atoms. The third kappa shape index (κ3) is 4.54. The monoisotopic (exact) mass is 359 g/mol. The van der Waals surface area contributed by atoms with Crippen LogP contribution < -0.4 is 9.47 Å². The number of hydrogen-bond donors (Lipinski definition) is 1. The third-order valence-corrected chi connectivity index (χ3v) is 4.15. The van der Waals surface area contributed by atoms with Gasteiger partial charge in [0.1, 0.15) is 17.4 Å². The van der Waals surface area contributed by atoms with Gasteiger partial charge in [0.15, 0.2) is 18.2 Å². The van der Waals surface area contributed by atoms with Crippen LogP contribution in [-0.4, -0.2) is 22.7 Å². The third-order valence-electron chi connectivity index (χ3n) is 3.21. The molecule has 0 unspecified atom stereocenters. The molecule has 2 aromatic carbocycles. The van der Waals surface area contributed by atoms with Gasteiger partial charge in [-0.05, 0) is 12.1 Å². The van der Waals surface area contributed by atoms with Crippen molar-refractivity contribution in [2.45, 2.75) is 6.61 Å². The smallest absolute Gasteiger partial charge is 0.341 e. The summed E-state index contributed by atoms with van der Waals surface area (Å²) in [7, 11) is 0. The fourth-order valence-corrected chi connectivity index (χ4v) is 2.88. The van der Waals surface area contributed by atoms with E-state index in [9.17, 15) is 9.18 Å². The van der Waals surface area contributed by atoms with Crippen molar-refractivity contribution < 1.29 is 23.8 Å². The first-order valence-corrected chi connectivity index (χ1v) is 8.26. The number of aromatic nitrogens is 1. The number of benzene rings is 2. The fraction of sp³-hybridized carbons (Fsp3) is 0.111. The molecule has 7 heteroatoms. The summed E-state index contributed by atoms with van der Waals surface area (Å²) in [6.45, 7) is -0.393. The Morgan fingerprint density at radius 3 is 2.68 bits per heavy atom. The van der Waals surface area contributed by atoms with E-state index in [4.69, 9.17) is 14.6 Å². The minimum Gasteiger partial charge on any atom is -0.487 e. The van der Waals surface area contributed by atoms with Crippen LogP contribution in [0.2, 0.25) is 0 Å². The van der Waals surface area contributed by atoms with E-state index in [2.05, 4.69) is 4.98 Å². The molecular weight excluding hydrogens is 345 g/mol. The molecular formula is C18H14FNO4S. The van der Waals surface area contributed by atoms with Crippen LogP contribution in [0, 0.1) is 5.82 Å². The first-order chi connectivity index (χ1) is 12.1. The highest BCUT2D eigenvalue weighted by Gasteiger charge is 2.09. The Hall–Kier alpha value is -2.93. The average Bonchev–Trinajstić information content (AvgIpc) is 3.09. The molecule has 1 N–H and O–H groups in total. The van der Waals surface area contributed by atoms with Gasteiger partial charge in [-0.3, -0.25) is 0 Å². The zero-order valence-electron chi connectivity index (χ0n) is 13.0. The second-order valence-corrected chi connectivity index (χ2v) is 5.93. The van der Waals surface area contributed by atoms with Crippen LogP contribution in [0.25, 0.3) is 10.6 Å². The standard InChI is InChI=1S/C18H14FNO4S/c19-15-8-14(6-7-16(15)24-10-17(21)22)23-9-13-11-25-18(20-13)12-4-2-1-3-5-12/h1-8,11H,9-10H2,(H,21,22). The van der Waals surface area contributed by atoms with Gasteiger partial charge < -0.3 is 14.6 Å². The van der Waals surface area contributed by atoms with E-state index in [0.29, 0.717) is 5.75 Å². The molecule has 0 bridgehead atoms. The summed E-state index contributed by atoms with van der Waals surface area (Å²) >= 11 is 1.51. The molecule has 0 saturated heterocycles. The number of halogens is 1. The SMILES string of the molecule is O=C(O)COc1ccc(OCc2csc(-c3ccccc3)n2)cc1F. The predicted molar refractivity (Wildman–Crippen MR) is 91.4 cm³/mol. The van der Waals surface area contributed by atoms with Crippen LogP contribution in [0.3, 0.4) is 0 Å². The lowest BCUT2D eigenvalue weighted by atomic mass is 10.2. The molecule has 1 heterocycles. The maximum absolute atomic E-state index is 13.8. The van der Waals surface area contributed by atoms with Gasteiger partial charge in [0, 0.05) is 17.0 Å². The molecule has 1 aromatic heterocycles. The maximum Gasteiger partial charge on any atom is 0.341 e. The largest absolute Gasteiger partial charge is 0.487 e. The molecule has 0 amide bonds. The minimum atomic E-state index is -1.17. The van der Waals surface area contributed by atoms with E-state index in [1.165, 1.54) is 23.5 Å². The number of nitrogens with zero attached hydrogens (tertiary/aromatic N) is 1. The van der Waals surface area contributed by atoms with Crippen LogP contribution in [0.5, 0.6) is 11.5 Å². The molecule has 5 nitrogen and oxygen atoms in total. The number of carboxylic acids is 1. The van der Waals surface area contributed by atoms with Gasteiger partial charge in [0.2, 0.25) is 0 Å². The number of rotatable bonds is 7. The molecule has 0 spiro atoms. The van der Waals surface area contributed by atoms with Crippen molar-refractivity contribution in [3.8, 4) is 22.1 Å². The predicted octanol–water partition coefficient (Wildman–Crippen LogP) is 3.99. The van der Waals surface area contributed by atoms with E-state index in [-0.39, 0.29) is 12.4 Å². The Labute approximate surface area is 147 Å². The van der Waals surface area contributed by atoms with Crippen molar-refractivity contribution in [1.82, 2.24) is 4.98 Å². The van der Waals surface area contributed by atoms with Gasteiger partial charge in [-0.1, -0.05) is 30.3 Å². The van der Waals surface area contributed by atoms with Gasteiger partial charge in [-0.25, -0.2) is 14.2 Å². The van der Waals surface area contributed by atoms with Crippen molar-refractivity contribution in [2.75, 3.05) is 6.61 Å². The van der Waals surface area contributed by atoms with E-state index in [0.717, 1.165) is 22.3 Å². The lowest BCUT2D eigenvalue weighted by molar-refractivity contribution is -0.139. The van der Waals surface area contributed by atoms with Crippen molar-refractivity contribution in [1.29, 1.82) is 0 Å². The van der Waals surface area contributed by atoms with Crippen molar-refractivity contribution in [2.24, 2.45) is 0 Å². The molecule has 0 aliphatic rings. The van der Waals surface area contributed by atoms with Crippen LogP contribution in [0.1, 0.15) is 5.69 Å². The topological polar surface area (TPSA) is 68.7 Å². The average molecular weight is 359 g/mol. The van der Waals surface area contributed by atoms with Gasteiger partial charge in [0.05, 0.1) is 5.69 Å². The molecule has 0 radical (unpaired) electrons. The Balaban J connectivity index is 1.61. The molecule has 0 atom stereocenters. The Kier molecular flexibility index (Phi) is 5.25. The summed E-state index contributed by atoms with van der Waals surface area (Å²) in [6, 6.07) is 13.8. The Bertz CT molecular complexity index is 867. The summed E-state index contributed by atoms with van der Waals surface area (Å²) < 4.78 is 24.2. The molecule has 0 fully saturated rings. The zero-order valence-corrected chi connectivity index (χ0v) is 13.8. The Morgan fingerprint density at radius 1 is 1.16 bits per heavy atom. The highest BCUT2D eigenvalue weighted by Crippen LogP contribution is 2.26. The number of hydrogen-bond acceptors (Lipinski definition) is 5. The second kappa shape index (κ2) is 7.76. The van der Waals surface area contributed by atoms with Gasteiger partial charge in [-0.15, -0.1) is 11.3 Å². The Morgan fingerprint density at radius 2 is 1.96 bits per heavy atom. The van der Waals surface area contributed by atoms with E-state index >= 15 is 0 Å². The summed E-state index contributed by atoms with van der Waals surface area (Å²) in [5.74, 6) is -1.66. The molecule has 0 saturated carbocycles. The highest BCUT2D eigenvalue weighted by atomic mass is 32.1. The van der Waals surface area contributed by atoms with Crippen molar-refractivity contribution in [3.05, 3.63) is 65.4 Å². The minimum absolute atomic E-state index is 0.130. The summed E-state index contributed by atoms with van der Waals surface area (Å²) in [5, 5.41) is 11.3. The van der Waals surface area contributed by atoms with Crippen LogP contribution in [-0.2, 0) is 11.4 Å². The number of thiazole rings is 1. The van der Waals surface area contributed by atoms with E-state index < -0.39 is 18.4 Å². The number of carboxylic acid groups (broad SMARTS) is 1. The number of carbonyl (C=O) groups is 1. The van der Waals surface area contributed by atoms with Gasteiger partial charge >= 0.3 is 5.97 Å². The fourth-order valence-electron chi connectivity index (χ4n) is 2.07. The number of ether oxygens (including phenoxy) is 2. The quantitative estimate of drug-likeness (QED) is 0.691. The highest BCUT2D eigenvalue weighted by molar-refractivity contribution is 7.13. The van der Waals surface area contributed by atoms with Crippen molar-refractivity contribution in [3.63, 3.8) is 0 Å². The molecule has 0 aliphatic carbocycles. The maximum atomic E-state index is 13.8. The van der Waals surface area contributed by atoms with Gasteiger partial charge in [0.25, 0.3) is 0 Å². The second-order valence-electron chi connectivity index (χ2n) is 5.07. The van der Waals surface area contributed by atoms with E-state index in [1.54, 1.807) is 0 Å². The van der Waals surface area contributed by atoms with E-state index in [1.807, 2.05) is 35.7 Å². The normalized spacial score (nSPS) is 10.4. The molecule has 3 rings (SSSR count). The van der Waals surface area contributed by atoms with Crippen LogP contribution in [0.15, 0.2) is 53.9 Å². The van der Waals surface area contributed by atoms with Crippen LogP contribution >= 0.6 is 11.3 Å². The lowest BCUT2D eigenvalue weighted by Gasteiger charge is -2.08. The molecule has 128 valence electrons. The lowest BCUT2D eigenvalue weighted by Crippen LogP contribution is -2.10. The first-order valence-electron chi connectivity index (χ1n) is 7.38. The van der Waals surface area contributed by atoms with Gasteiger partial charge in [-0.2, -0.15) is 0 Å². The summed E-state index contributed by atoms with van der Waals surface area (Å²) in [5.41, 5.74) is 1.78. The van der Waals surface area contributed by atoms with Crippen molar-refractivity contribution >= 4 is 17.3 Å². The summed E-state index contributed by atoms with van der Waals surface area (Å²) in [4.78, 5) is 14.9. The van der Waals surface area contributed by atoms with Crippen LogP contribution in [0.4, 0.5) is 4.39 Å². The first kappa shape index (κ1) is 16.9.